The Morgan fingerprint density at radius 3 is 2.24 bits per heavy atom. The van der Waals surface area contributed by atoms with Crippen molar-refractivity contribution in [2.24, 2.45) is 11.7 Å². The van der Waals surface area contributed by atoms with Gasteiger partial charge in [-0.25, -0.2) is 4.79 Å². The van der Waals surface area contributed by atoms with Gasteiger partial charge < -0.3 is 25.0 Å². The lowest BCUT2D eigenvalue weighted by Gasteiger charge is -2.34. The molecule has 3 aromatic rings. The van der Waals surface area contributed by atoms with Gasteiger partial charge >= 0.3 is 6.09 Å². The fraction of sp³-hybridized carbons (Fsp3) is 0.370. The second-order valence-corrected chi connectivity index (χ2v) is 10.1. The summed E-state index contributed by atoms with van der Waals surface area (Å²) in [4.78, 5) is 29.3. The molecule has 0 saturated carbocycles. The van der Waals surface area contributed by atoms with Crippen LogP contribution in [0.25, 0.3) is 5.69 Å². The lowest BCUT2D eigenvalue weighted by atomic mass is 9.96. The molecular formula is C27H31Cl2N5O4. The van der Waals surface area contributed by atoms with E-state index in [1.807, 2.05) is 26.0 Å². The normalized spacial score (nSPS) is 14.5. The minimum absolute atomic E-state index is 0.0290. The highest BCUT2D eigenvalue weighted by atomic mass is 35.5. The summed E-state index contributed by atoms with van der Waals surface area (Å²) in [6.45, 7) is 7.37. The van der Waals surface area contributed by atoms with Crippen LogP contribution < -0.4 is 10.5 Å². The molecule has 1 aliphatic heterocycles. The maximum absolute atomic E-state index is 13.9. The molecule has 1 aromatic heterocycles. The van der Waals surface area contributed by atoms with E-state index in [0.29, 0.717) is 65.7 Å². The number of carbonyl (C=O) groups is 2. The van der Waals surface area contributed by atoms with E-state index in [1.54, 1.807) is 53.1 Å². The summed E-state index contributed by atoms with van der Waals surface area (Å²) in [6.07, 6.45) is -0.385. The Morgan fingerprint density at radius 2 is 1.63 bits per heavy atom. The number of piperazine rings is 1. The summed E-state index contributed by atoms with van der Waals surface area (Å²) in [5.41, 5.74) is 7.88. The molecule has 1 aliphatic rings. The van der Waals surface area contributed by atoms with Gasteiger partial charge in [-0.1, -0.05) is 49.2 Å². The van der Waals surface area contributed by atoms with E-state index < -0.39 is 6.04 Å². The van der Waals surface area contributed by atoms with Crippen molar-refractivity contribution >= 4 is 35.2 Å². The number of amides is 2. The Kier molecular flexibility index (Phi) is 8.81. The summed E-state index contributed by atoms with van der Waals surface area (Å²) >= 11 is 12.6. The summed E-state index contributed by atoms with van der Waals surface area (Å²) in [6, 6.07) is 13.5. The maximum atomic E-state index is 13.9. The van der Waals surface area contributed by atoms with Crippen molar-refractivity contribution in [3.63, 3.8) is 0 Å². The molecule has 1 unspecified atom stereocenters. The SMILES string of the molecule is CCOC(=O)N1CCN(C(=O)c2nn(-c3ccccc3Cl)c(Oc3ccc(Cl)cc3)c2C(N)C(C)C)CC1. The summed E-state index contributed by atoms with van der Waals surface area (Å²) < 4.78 is 13.0. The zero-order valence-corrected chi connectivity index (χ0v) is 23.1. The van der Waals surface area contributed by atoms with E-state index in [0.717, 1.165) is 0 Å². The molecule has 0 aliphatic carbocycles. The zero-order chi connectivity index (χ0) is 27.4. The fourth-order valence-corrected chi connectivity index (χ4v) is 4.50. The molecule has 0 spiro atoms. The first-order valence-corrected chi connectivity index (χ1v) is 13.2. The highest BCUT2D eigenvalue weighted by Crippen LogP contribution is 2.38. The van der Waals surface area contributed by atoms with Crippen molar-refractivity contribution in [3.8, 4) is 17.3 Å². The number of hydrogen-bond donors (Lipinski definition) is 1. The molecule has 2 amide bonds. The Labute approximate surface area is 232 Å². The first kappa shape index (κ1) is 27.8. The van der Waals surface area contributed by atoms with Gasteiger partial charge in [0.15, 0.2) is 5.69 Å². The lowest BCUT2D eigenvalue weighted by molar-refractivity contribution is 0.0564. The Bertz CT molecular complexity index is 1290. The van der Waals surface area contributed by atoms with Crippen molar-refractivity contribution in [2.75, 3.05) is 32.8 Å². The van der Waals surface area contributed by atoms with Crippen LogP contribution in [0, 0.1) is 5.92 Å². The monoisotopic (exact) mass is 559 g/mol. The summed E-state index contributed by atoms with van der Waals surface area (Å²) in [5, 5.41) is 5.72. The standard InChI is InChI=1S/C27H31Cl2N5O4/c1-4-37-27(36)33-15-13-32(14-16-33)25(35)24-22(23(30)17(2)3)26(38-19-11-9-18(28)10-12-19)34(31-24)21-8-6-5-7-20(21)29/h5-12,17,23H,4,13-16,30H2,1-3H3. The first-order valence-electron chi connectivity index (χ1n) is 12.5. The number of nitrogens with zero attached hydrogens (tertiary/aromatic N) is 4. The predicted octanol–water partition coefficient (Wildman–Crippen LogP) is 5.54. The number of rotatable bonds is 7. The third-order valence-corrected chi connectivity index (χ3v) is 6.91. The van der Waals surface area contributed by atoms with Gasteiger partial charge in [-0.15, -0.1) is 0 Å². The van der Waals surface area contributed by atoms with Crippen LogP contribution in [0.5, 0.6) is 11.6 Å². The van der Waals surface area contributed by atoms with Crippen molar-refractivity contribution < 1.29 is 19.1 Å². The van der Waals surface area contributed by atoms with Gasteiger partial charge in [-0.05, 0) is 49.2 Å². The van der Waals surface area contributed by atoms with Crippen LogP contribution in [0.1, 0.15) is 42.9 Å². The summed E-state index contributed by atoms with van der Waals surface area (Å²) in [7, 11) is 0. The number of benzene rings is 2. The second-order valence-electron chi connectivity index (χ2n) is 9.23. The number of ether oxygens (including phenoxy) is 2. The predicted molar refractivity (Wildman–Crippen MR) is 146 cm³/mol. The number of nitrogens with two attached hydrogens (primary N) is 1. The maximum Gasteiger partial charge on any atom is 0.409 e. The van der Waals surface area contributed by atoms with Crippen LogP contribution >= 0.6 is 23.2 Å². The molecule has 4 rings (SSSR count). The van der Waals surface area contributed by atoms with E-state index in [2.05, 4.69) is 0 Å². The van der Waals surface area contributed by atoms with E-state index in [4.69, 9.17) is 43.5 Å². The van der Waals surface area contributed by atoms with Gasteiger partial charge in [-0.3, -0.25) is 4.79 Å². The van der Waals surface area contributed by atoms with Crippen LogP contribution in [-0.4, -0.2) is 64.4 Å². The molecule has 11 heteroatoms. The van der Waals surface area contributed by atoms with E-state index >= 15 is 0 Å². The number of halogens is 2. The van der Waals surface area contributed by atoms with E-state index in [-0.39, 0.29) is 23.6 Å². The van der Waals surface area contributed by atoms with Crippen molar-refractivity contribution in [1.29, 1.82) is 0 Å². The Balaban J connectivity index is 1.78. The largest absolute Gasteiger partial charge is 0.450 e. The lowest BCUT2D eigenvalue weighted by Crippen LogP contribution is -2.51. The van der Waals surface area contributed by atoms with E-state index in [1.165, 1.54) is 4.68 Å². The molecule has 0 radical (unpaired) electrons. The number of aromatic nitrogens is 2. The van der Waals surface area contributed by atoms with Crippen LogP contribution in [0.15, 0.2) is 48.5 Å². The van der Waals surface area contributed by atoms with Crippen LogP contribution in [-0.2, 0) is 4.74 Å². The topological polar surface area (TPSA) is 103 Å². The molecule has 2 N–H and O–H groups in total. The second kappa shape index (κ2) is 12.1. The first-order chi connectivity index (χ1) is 18.2. The highest BCUT2D eigenvalue weighted by Gasteiger charge is 2.35. The molecule has 38 heavy (non-hydrogen) atoms. The molecule has 1 atom stereocenters. The van der Waals surface area contributed by atoms with Gasteiger partial charge in [0.05, 0.1) is 22.9 Å². The van der Waals surface area contributed by atoms with Crippen molar-refractivity contribution in [2.45, 2.75) is 26.8 Å². The quantitative estimate of drug-likeness (QED) is 0.407. The molecule has 0 bridgehead atoms. The Hall–Kier alpha value is -3.27. The number of para-hydroxylation sites is 1. The van der Waals surface area contributed by atoms with Crippen LogP contribution in [0.4, 0.5) is 4.79 Å². The third-order valence-electron chi connectivity index (χ3n) is 6.33. The minimum Gasteiger partial charge on any atom is -0.450 e. The minimum atomic E-state index is -0.562. The van der Waals surface area contributed by atoms with E-state index in [9.17, 15) is 9.59 Å². The van der Waals surface area contributed by atoms with Gasteiger partial charge in [0.25, 0.3) is 5.91 Å². The average Bonchev–Trinajstić information content (AvgIpc) is 3.28. The third kappa shape index (κ3) is 5.90. The molecule has 1 fully saturated rings. The average molecular weight is 560 g/mol. The molecule has 1 saturated heterocycles. The number of hydrogen-bond acceptors (Lipinski definition) is 6. The van der Waals surface area contributed by atoms with Gasteiger partial charge in [0, 0.05) is 37.2 Å². The molecule has 9 nitrogen and oxygen atoms in total. The fourth-order valence-electron chi connectivity index (χ4n) is 4.16. The van der Waals surface area contributed by atoms with Gasteiger partial charge in [-0.2, -0.15) is 9.78 Å². The summed E-state index contributed by atoms with van der Waals surface area (Å²) in [5.74, 6) is 0.474. The van der Waals surface area contributed by atoms with Gasteiger partial charge in [0.2, 0.25) is 5.88 Å². The van der Waals surface area contributed by atoms with Crippen LogP contribution in [0.3, 0.4) is 0 Å². The molecule has 202 valence electrons. The van der Waals surface area contributed by atoms with Crippen molar-refractivity contribution in [1.82, 2.24) is 19.6 Å². The molecule has 2 aromatic carbocycles. The highest BCUT2D eigenvalue weighted by molar-refractivity contribution is 6.32. The zero-order valence-electron chi connectivity index (χ0n) is 21.6. The Morgan fingerprint density at radius 1 is 1.00 bits per heavy atom. The van der Waals surface area contributed by atoms with Crippen LogP contribution in [0.2, 0.25) is 10.0 Å². The number of carbonyl (C=O) groups excluding carboxylic acids is 2. The van der Waals surface area contributed by atoms with Gasteiger partial charge in [0.1, 0.15) is 5.75 Å². The van der Waals surface area contributed by atoms with Crippen molar-refractivity contribution in [3.05, 3.63) is 69.8 Å². The molecular weight excluding hydrogens is 529 g/mol. The molecule has 2 heterocycles. The smallest absolute Gasteiger partial charge is 0.409 e.